The van der Waals surface area contributed by atoms with Gasteiger partial charge in [0.05, 0.1) is 5.56 Å². The molecule has 1 N–H and O–H groups in total. The lowest BCUT2D eigenvalue weighted by atomic mass is 10.0. The van der Waals surface area contributed by atoms with E-state index in [0.717, 1.165) is 19.6 Å². The van der Waals surface area contributed by atoms with Crippen LogP contribution in [0.3, 0.4) is 0 Å². The second-order valence-corrected chi connectivity index (χ2v) is 8.75. The molecule has 2 aromatic rings. The molecule has 6 nitrogen and oxygen atoms in total. The second-order valence-electron chi connectivity index (χ2n) is 7.94. The first-order valence-corrected chi connectivity index (χ1v) is 11.4. The molecule has 1 aliphatic heterocycles. The normalized spacial score (nSPS) is 14.1. The van der Waals surface area contributed by atoms with E-state index in [2.05, 4.69) is 10.2 Å². The molecule has 0 unspecified atom stereocenters. The fraction of sp³-hybridized carbons (Fsp3) is 0.375. The van der Waals surface area contributed by atoms with Crippen molar-refractivity contribution < 1.29 is 14.4 Å². The Morgan fingerprint density at radius 1 is 1.09 bits per heavy atom. The number of amides is 2. The Kier molecular flexibility index (Phi) is 8.67. The Bertz CT molecular complexity index is 970. The molecule has 0 radical (unpaired) electrons. The number of benzene rings is 2. The Morgan fingerprint density at radius 2 is 1.78 bits per heavy atom. The summed E-state index contributed by atoms with van der Waals surface area (Å²) >= 11 is 12.4. The number of hydrogen-bond donors (Lipinski definition) is 1. The van der Waals surface area contributed by atoms with Gasteiger partial charge in [0.1, 0.15) is 0 Å². The number of halogens is 2. The maximum atomic E-state index is 13.0. The summed E-state index contributed by atoms with van der Waals surface area (Å²) in [5, 5.41) is 3.82. The van der Waals surface area contributed by atoms with Crippen molar-refractivity contribution in [2.75, 3.05) is 33.2 Å². The molecule has 1 aliphatic rings. The highest BCUT2D eigenvalue weighted by Gasteiger charge is 2.20. The van der Waals surface area contributed by atoms with Gasteiger partial charge in [-0.05, 0) is 56.3 Å². The van der Waals surface area contributed by atoms with Crippen LogP contribution >= 0.6 is 23.2 Å². The largest absolute Gasteiger partial charge is 0.351 e. The van der Waals surface area contributed by atoms with Crippen molar-refractivity contribution >= 4 is 41.3 Å². The summed E-state index contributed by atoms with van der Waals surface area (Å²) in [5.41, 5.74) is 1.36. The van der Waals surface area contributed by atoms with Crippen molar-refractivity contribution in [2.24, 2.45) is 0 Å². The maximum Gasteiger partial charge on any atom is 0.254 e. The van der Waals surface area contributed by atoms with Crippen LogP contribution in [0.25, 0.3) is 0 Å². The second kappa shape index (κ2) is 11.5. The average Bonchev–Trinajstić information content (AvgIpc) is 2.81. The van der Waals surface area contributed by atoms with Gasteiger partial charge >= 0.3 is 0 Å². The Labute approximate surface area is 198 Å². The molecule has 3 rings (SSSR count). The monoisotopic (exact) mass is 475 g/mol. The minimum Gasteiger partial charge on any atom is -0.351 e. The third-order valence-electron chi connectivity index (χ3n) is 5.64. The van der Waals surface area contributed by atoms with Gasteiger partial charge < -0.3 is 15.1 Å². The predicted molar refractivity (Wildman–Crippen MR) is 127 cm³/mol. The van der Waals surface area contributed by atoms with Gasteiger partial charge in [-0.1, -0.05) is 35.7 Å². The zero-order valence-corrected chi connectivity index (χ0v) is 19.6. The van der Waals surface area contributed by atoms with E-state index in [1.165, 1.54) is 36.3 Å². The summed E-state index contributed by atoms with van der Waals surface area (Å²) in [4.78, 5) is 40.9. The number of nitrogens with one attached hydrogen (secondary N) is 1. The van der Waals surface area contributed by atoms with Crippen molar-refractivity contribution in [3.8, 4) is 0 Å². The summed E-state index contributed by atoms with van der Waals surface area (Å²) in [5.74, 6) is -0.625. The van der Waals surface area contributed by atoms with E-state index in [1.807, 2.05) is 0 Å². The highest BCUT2D eigenvalue weighted by Crippen LogP contribution is 2.26. The first-order chi connectivity index (χ1) is 15.4. The van der Waals surface area contributed by atoms with Crippen molar-refractivity contribution in [3.05, 3.63) is 68.7 Å². The fourth-order valence-electron chi connectivity index (χ4n) is 3.81. The molecule has 1 heterocycles. The SMILES string of the molecule is CN(Cc1c(Cl)cccc1Cl)C(=O)c1ccc(C(=O)NCCN2CCCCC2)cc1C=O. The molecule has 0 saturated carbocycles. The van der Waals surface area contributed by atoms with Gasteiger partial charge in [0, 0.05) is 53.4 Å². The highest BCUT2D eigenvalue weighted by molar-refractivity contribution is 6.36. The zero-order chi connectivity index (χ0) is 23.1. The average molecular weight is 476 g/mol. The van der Waals surface area contributed by atoms with Crippen LogP contribution in [0.5, 0.6) is 0 Å². The summed E-state index contributed by atoms with van der Waals surface area (Å²) in [7, 11) is 1.61. The van der Waals surface area contributed by atoms with Crippen LogP contribution in [0.4, 0.5) is 0 Å². The quantitative estimate of drug-likeness (QED) is 0.577. The topological polar surface area (TPSA) is 69.7 Å². The third-order valence-corrected chi connectivity index (χ3v) is 6.35. The van der Waals surface area contributed by atoms with Gasteiger partial charge in [0.15, 0.2) is 6.29 Å². The van der Waals surface area contributed by atoms with Crippen LogP contribution in [0.1, 0.15) is 55.9 Å². The summed E-state index contributed by atoms with van der Waals surface area (Å²) in [6.45, 7) is 3.66. The maximum absolute atomic E-state index is 13.0. The van der Waals surface area contributed by atoms with Crippen molar-refractivity contribution in [1.82, 2.24) is 15.1 Å². The Hall–Kier alpha value is -2.41. The van der Waals surface area contributed by atoms with Gasteiger partial charge in [-0.25, -0.2) is 0 Å². The summed E-state index contributed by atoms with van der Waals surface area (Å²) in [6.07, 6.45) is 4.25. The first kappa shape index (κ1) is 24.2. The number of nitrogens with zero attached hydrogens (tertiary/aromatic N) is 2. The lowest BCUT2D eigenvalue weighted by Gasteiger charge is -2.26. The third kappa shape index (κ3) is 6.09. The number of likely N-dealkylation sites (tertiary alicyclic amines) is 1. The molecule has 2 amide bonds. The molecular weight excluding hydrogens is 449 g/mol. The van der Waals surface area contributed by atoms with E-state index >= 15 is 0 Å². The van der Waals surface area contributed by atoms with Gasteiger partial charge in [-0.15, -0.1) is 0 Å². The molecule has 1 saturated heterocycles. The van der Waals surface area contributed by atoms with E-state index in [1.54, 1.807) is 31.3 Å². The van der Waals surface area contributed by atoms with Crippen LogP contribution in [0, 0.1) is 0 Å². The Morgan fingerprint density at radius 3 is 2.44 bits per heavy atom. The molecule has 0 bridgehead atoms. The van der Waals surface area contributed by atoms with E-state index in [4.69, 9.17) is 23.2 Å². The molecule has 0 aromatic heterocycles. The number of aldehydes is 1. The number of hydrogen-bond acceptors (Lipinski definition) is 4. The zero-order valence-electron chi connectivity index (χ0n) is 18.1. The highest BCUT2D eigenvalue weighted by atomic mass is 35.5. The number of piperidine rings is 1. The number of rotatable bonds is 8. The summed E-state index contributed by atoms with van der Waals surface area (Å²) in [6, 6.07) is 9.67. The van der Waals surface area contributed by atoms with Crippen LogP contribution in [0.15, 0.2) is 36.4 Å². The molecule has 1 fully saturated rings. The minimum absolute atomic E-state index is 0.163. The molecule has 0 aliphatic carbocycles. The lowest BCUT2D eigenvalue weighted by molar-refractivity contribution is 0.0781. The smallest absolute Gasteiger partial charge is 0.254 e. The van der Waals surface area contributed by atoms with Crippen LogP contribution < -0.4 is 5.32 Å². The lowest BCUT2D eigenvalue weighted by Crippen LogP contribution is -2.37. The van der Waals surface area contributed by atoms with Crippen molar-refractivity contribution in [3.63, 3.8) is 0 Å². The van der Waals surface area contributed by atoms with E-state index < -0.39 is 0 Å². The molecule has 170 valence electrons. The standard InChI is InChI=1S/C24H27Cl2N3O3/c1-28(15-20-21(25)6-5-7-22(20)26)24(32)19-9-8-17(14-18(19)16-30)23(31)27-10-13-29-11-3-2-4-12-29/h5-9,14,16H,2-4,10-13,15H2,1H3,(H,27,31). The number of carbonyl (C=O) groups excluding carboxylic acids is 3. The molecular formula is C24H27Cl2N3O3. The number of carbonyl (C=O) groups is 3. The van der Waals surface area contributed by atoms with E-state index in [-0.39, 0.29) is 29.5 Å². The molecule has 0 spiro atoms. The van der Waals surface area contributed by atoms with E-state index in [9.17, 15) is 14.4 Å². The molecule has 2 aromatic carbocycles. The van der Waals surface area contributed by atoms with Crippen LogP contribution in [0.2, 0.25) is 10.0 Å². The molecule has 8 heteroatoms. The minimum atomic E-state index is -0.361. The first-order valence-electron chi connectivity index (χ1n) is 10.7. The van der Waals surface area contributed by atoms with Crippen molar-refractivity contribution in [2.45, 2.75) is 25.8 Å². The van der Waals surface area contributed by atoms with Crippen molar-refractivity contribution in [1.29, 1.82) is 0 Å². The van der Waals surface area contributed by atoms with Crippen LogP contribution in [-0.4, -0.2) is 61.1 Å². The molecule has 0 atom stereocenters. The van der Waals surface area contributed by atoms with Gasteiger partial charge in [-0.2, -0.15) is 0 Å². The predicted octanol–water partition coefficient (Wildman–Crippen LogP) is 4.29. The van der Waals surface area contributed by atoms with Gasteiger partial charge in [0.25, 0.3) is 11.8 Å². The Balaban J connectivity index is 1.65. The molecule has 32 heavy (non-hydrogen) atoms. The fourth-order valence-corrected chi connectivity index (χ4v) is 4.32. The summed E-state index contributed by atoms with van der Waals surface area (Å²) < 4.78 is 0. The van der Waals surface area contributed by atoms with E-state index in [0.29, 0.717) is 34.0 Å². The van der Waals surface area contributed by atoms with Gasteiger partial charge in [0.2, 0.25) is 0 Å². The van der Waals surface area contributed by atoms with Crippen LogP contribution in [-0.2, 0) is 6.54 Å². The van der Waals surface area contributed by atoms with Gasteiger partial charge in [-0.3, -0.25) is 14.4 Å².